The van der Waals surface area contributed by atoms with Crippen LogP contribution in [0.5, 0.6) is 0 Å². The van der Waals surface area contributed by atoms with E-state index in [9.17, 15) is 0 Å². The first kappa shape index (κ1) is 13.4. The zero-order chi connectivity index (χ0) is 12.7. The summed E-state index contributed by atoms with van der Waals surface area (Å²) in [6.07, 6.45) is 4.14. The molecule has 0 amide bonds. The SMILES string of the molecule is C=CCN(CC=C)c1noc([C@@H](N)CCN)n1. The van der Waals surface area contributed by atoms with Crippen LogP contribution in [0.3, 0.4) is 0 Å². The molecule has 0 spiro atoms. The van der Waals surface area contributed by atoms with Gasteiger partial charge in [-0.15, -0.1) is 13.2 Å². The second kappa shape index (κ2) is 6.82. The highest BCUT2D eigenvalue weighted by molar-refractivity contribution is 5.30. The molecule has 0 unspecified atom stereocenters. The van der Waals surface area contributed by atoms with Crippen LogP contribution in [0, 0.1) is 0 Å². The Kier molecular flexibility index (Phi) is 5.38. The van der Waals surface area contributed by atoms with Crippen LogP contribution in [0.1, 0.15) is 18.4 Å². The molecule has 0 saturated heterocycles. The van der Waals surface area contributed by atoms with Crippen LogP contribution in [0.15, 0.2) is 29.8 Å². The zero-order valence-corrected chi connectivity index (χ0v) is 9.88. The van der Waals surface area contributed by atoms with Gasteiger partial charge in [-0.1, -0.05) is 12.2 Å². The van der Waals surface area contributed by atoms with Crippen LogP contribution in [-0.4, -0.2) is 29.8 Å². The first-order valence-corrected chi connectivity index (χ1v) is 5.49. The fourth-order valence-corrected chi connectivity index (χ4v) is 1.36. The molecular formula is C11H19N5O. The lowest BCUT2D eigenvalue weighted by Crippen LogP contribution is -2.24. The third kappa shape index (κ3) is 3.69. The fourth-order valence-electron chi connectivity index (χ4n) is 1.36. The van der Waals surface area contributed by atoms with Gasteiger partial charge in [0.2, 0.25) is 5.89 Å². The number of rotatable bonds is 8. The summed E-state index contributed by atoms with van der Waals surface area (Å²) < 4.78 is 5.10. The Morgan fingerprint density at radius 3 is 2.53 bits per heavy atom. The van der Waals surface area contributed by atoms with Crippen molar-refractivity contribution < 1.29 is 4.52 Å². The maximum absolute atomic E-state index is 5.83. The quantitative estimate of drug-likeness (QED) is 0.643. The Labute approximate surface area is 101 Å². The van der Waals surface area contributed by atoms with Gasteiger partial charge in [0.25, 0.3) is 5.95 Å². The second-order valence-electron chi connectivity index (χ2n) is 3.60. The van der Waals surface area contributed by atoms with Crippen LogP contribution in [-0.2, 0) is 0 Å². The molecule has 0 aliphatic heterocycles. The van der Waals surface area contributed by atoms with E-state index in [-0.39, 0.29) is 6.04 Å². The van der Waals surface area contributed by atoms with Gasteiger partial charge in [0.15, 0.2) is 0 Å². The predicted octanol–water partition coefficient (Wildman–Crippen LogP) is 0.597. The topological polar surface area (TPSA) is 94.2 Å². The van der Waals surface area contributed by atoms with Crippen LogP contribution >= 0.6 is 0 Å². The molecule has 1 heterocycles. The molecule has 6 heteroatoms. The zero-order valence-electron chi connectivity index (χ0n) is 9.88. The number of hydrogen-bond acceptors (Lipinski definition) is 6. The van der Waals surface area contributed by atoms with Crippen molar-refractivity contribution in [1.29, 1.82) is 0 Å². The summed E-state index contributed by atoms with van der Waals surface area (Å²) in [7, 11) is 0. The lowest BCUT2D eigenvalue weighted by Gasteiger charge is -2.15. The molecule has 1 rings (SSSR count). The summed E-state index contributed by atoms with van der Waals surface area (Å²) in [5.41, 5.74) is 11.3. The summed E-state index contributed by atoms with van der Waals surface area (Å²) in [5.74, 6) is 0.899. The number of hydrogen-bond donors (Lipinski definition) is 2. The molecule has 4 N–H and O–H groups in total. The molecule has 0 saturated carbocycles. The average Bonchev–Trinajstić information content (AvgIpc) is 2.78. The molecule has 0 aliphatic carbocycles. The van der Waals surface area contributed by atoms with Crippen LogP contribution in [0.2, 0.25) is 0 Å². The van der Waals surface area contributed by atoms with E-state index >= 15 is 0 Å². The fraction of sp³-hybridized carbons (Fsp3) is 0.455. The molecule has 1 aromatic rings. The Morgan fingerprint density at radius 1 is 1.35 bits per heavy atom. The van der Waals surface area contributed by atoms with Gasteiger partial charge in [-0.05, 0) is 18.1 Å². The Morgan fingerprint density at radius 2 is 2.00 bits per heavy atom. The van der Waals surface area contributed by atoms with E-state index in [1.165, 1.54) is 0 Å². The van der Waals surface area contributed by atoms with Crippen molar-refractivity contribution in [2.45, 2.75) is 12.5 Å². The van der Waals surface area contributed by atoms with Gasteiger partial charge in [0.05, 0.1) is 6.04 Å². The van der Waals surface area contributed by atoms with E-state index in [1.54, 1.807) is 12.2 Å². The van der Waals surface area contributed by atoms with Crippen molar-refractivity contribution in [3.63, 3.8) is 0 Å². The summed E-state index contributed by atoms with van der Waals surface area (Å²) in [4.78, 5) is 6.12. The predicted molar refractivity (Wildman–Crippen MR) is 67.5 cm³/mol. The van der Waals surface area contributed by atoms with E-state index in [4.69, 9.17) is 16.0 Å². The van der Waals surface area contributed by atoms with Crippen LogP contribution in [0.4, 0.5) is 5.95 Å². The second-order valence-corrected chi connectivity index (χ2v) is 3.60. The molecule has 17 heavy (non-hydrogen) atoms. The maximum Gasteiger partial charge on any atom is 0.266 e. The van der Waals surface area contributed by atoms with Crippen molar-refractivity contribution >= 4 is 5.95 Å². The average molecular weight is 237 g/mol. The first-order valence-electron chi connectivity index (χ1n) is 5.49. The standard InChI is InChI=1S/C11H19N5O/c1-3-7-16(8-4-2)11-14-10(17-15-11)9(13)5-6-12/h3-4,9H,1-2,5-8,12-13H2/t9-/m0/s1. The molecule has 0 aliphatic rings. The number of nitrogens with two attached hydrogens (primary N) is 2. The molecule has 0 bridgehead atoms. The Bertz CT molecular complexity index is 352. The van der Waals surface area contributed by atoms with Gasteiger partial charge in [0.1, 0.15) is 0 Å². The number of anilines is 1. The summed E-state index contributed by atoms with van der Waals surface area (Å²) in [6, 6.07) is -0.310. The highest BCUT2D eigenvalue weighted by Crippen LogP contribution is 2.15. The lowest BCUT2D eigenvalue weighted by molar-refractivity contribution is 0.349. The maximum atomic E-state index is 5.83. The third-order valence-corrected chi connectivity index (χ3v) is 2.21. The van der Waals surface area contributed by atoms with Gasteiger partial charge in [-0.25, -0.2) is 0 Å². The first-order chi connectivity index (χ1) is 8.22. The van der Waals surface area contributed by atoms with Crippen LogP contribution < -0.4 is 16.4 Å². The monoisotopic (exact) mass is 237 g/mol. The number of aromatic nitrogens is 2. The Balaban J connectivity index is 2.76. The minimum absolute atomic E-state index is 0.310. The van der Waals surface area contributed by atoms with Gasteiger partial charge >= 0.3 is 0 Å². The molecule has 0 fully saturated rings. The van der Waals surface area contributed by atoms with Gasteiger partial charge in [0, 0.05) is 13.1 Å². The van der Waals surface area contributed by atoms with Gasteiger partial charge < -0.3 is 20.9 Å². The van der Waals surface area contributed by atoms with E-state index < -0.39 is 0 Å². The van der Waals surface area contributed by atoms with Crippen molar-refractivity contribution in [1.82, 2.24) is 10.1 Å². The Hall–Kier alpha value is -1.66. The van der Waals surface area contributed by atoms with Gasteiger partial charge in [-0.3, -0.25) is 0 Å². The molecule has 1 aromatic heterocycles. The number of nitrogens with zero attached hydrogens (tertiary/aromatic N) is 3. The van der Waals surface area contributed by atoms with E-state index in [0.717, 1.165) is 0 Å². The molecule has 1 atom stereocenters. The van der Waals surface area contributed by atoms with E-state index in [0.29, 0.717) is 37.9 Å². The van der Waals surface area contributed by atoms with Crippen molar-refractivity contribution in [3.05, 3.63) is 31.2 Å². The third-order valence-electron chi connectivity index (χ3n) is 2.21. The highest BCUT2D eigenvalue weighted by atomic mass is 16.5. The minimum atomic E-state index is -0.310. The summed E-state index contributed by atoms with van der Waals surface area (Å²) in [5, 5.41) is 3.88. The molecule has 6 nitrogen and oxygen atoms in total. The minimum Gasteiger partial charge on any atom is -0.336 e. The summed E-state index contributed by atoms with van der Waals surface area (Å²) >= 11 is 0. The normalized spacial score (nSPS) is 12.1. The molecule has 0 aromatic carbocycles. The van der Waals surface area contributed by atoms with Crippen LogP contribution in [0.25, 0.3) is 0 Å². The largest absolute Gasteiger partial charge is 0.336 e. The lowest BCUT2D eigenvalue weighted by atomic mass is 10.2. The van der Waals surface area contributed by atoms with Crippen molar-refractivity contribution in [3.8, 4) is 0 Å². The van der Waals surface area contributed by atoms with E-state index in [1.807, 2.05) is 4.90 Å². The van der Waals surface area contributed by atoms with Crippen molar-refractivity contribution in [2.24, 2.45) is 11.5 Å². The van der Waals surface area contributed by atoms with Crippen molar-refractivity contribution in [2.75, 3.05) is 24.5 Å². The molecular weight excluding hydrogens is 218 g/mol. The smallest absolute Gasteiger partial charge is 0.266 e. The highest BCUT2D eigenvalue weighted by Gasteiger charge is 2.16. The summed E-state index contributed by atoms with van der Waals surface area (Å²) in [6.45, 7) is 9.08. The molecule has 0 radical (unpaired) electrons. The van der Waals surface area contributed by atoms with E-state index in [2.05, 4.69) is 23.3 Å². The molecule has 94 valence electrons. The van der Waals surface area contributed by atoms with Gasteiger partial charge in [-0.2, -0.15) is 4.98 Å².